The number of carbonyl (C=O) groups is 1. The van der Waals surface area contributed by atoms with E-state index in [1.807, 2.05) is 6.92 Å². The minimum absolute atomic E-state index is 0.150. The minimum Gasteiger partial charge on any atom is -0.380 e. The summed E-state index contributed by atoms with van der Waals surface area (Å²) in [5, 5.41) is 3.41. The molecule has 0 aliphatic carbocycles. The third-order valence-electron chi connectivity index (χ3n) is 2.29. The average Bonchev–Trinajstić information content (AvgIpc) is 2.10. The van der Waals surface area contributed by atoms with Crippen molar-refractivity contribution >= 4 is 5.78 Å². The molecule has 0 heterocycles. The summed E-state index contributed by atoms with van der Waals surface area (Å²) in [6.07, 6.45) is 1.62. The zero-order valence-corrected chi connectivity index (χ0v) is 9.96. The van der Waals surface area contributed by atoms with Gasteiger partial charge in [-0.05, 0) is 20.3 Å². The van der Waals surface area contributed by atoms with E-state index in [0.717, 1.165) is 6.42 Å². The molecule has 2 unspecified atom stereocenters. The van der Waals surface area contributed by atoms with Crippen molar-refractivity contribution in [1.82, 2.24) is 5.32 Å². The van der Waals surface area contributed by atoms with Crippen LogP contribution in [0.15, 0.2) is 0 Å². The second kappa shape index (κ2) is 6.96. The number of Topliss-reactive ketones (excluding diaryl/α,β-unsaturated/α-hetero) is 1. The van der Waals surface area contributed by atoms with Gasteiger partial charge in [0.25, 0.3) is 0 Å². The van der Waals surface area contributed by atoms with Crippen molar-refractivity contribution in [2.45, 2.75) is 58.7 Å². The predicted molar refractivity (Wildman–Crippen MR) is 58.4 cm³/mol. The Morgan fingerprint density at radius 1 is 1.36 bits per heavy atom. The van der Waals surface area contributed by atoms with Crippen molar-refractivity contribution in [2.24, 2.45) is 0 Å². The molecular weight excluding hydrogens is 178 g/mol. The smallest absolute Gasteiger partial charge is 0.129 e. The molecule has 2 atom stereocenters. The van der Waals surface area contributed by atoms with Gasteiger partial charge in [0.15, 0.2) is 0 Å². The first kappa shape index (κ1) is 13.6. The molecule has 0 bridgehead atoms. The van der Waals surface area contributed by atoms with Crippen LogP contribution in [0.1, 0.15) is 40.5 Å². The van der Waals surface area contributed by atoms with Gasteiger partial charge in [-0.3, -0.25) is 0 Å². The van der Waals surface area contributed by atoms with Crippen LogP contribution in [0, 0.1) is 0 Å². The lowest BCUT2D eigenvalue weighted by atomic mass is 10.0. The fraction of sp³-hybridized carbons (Fsp3) is 0.909. The molecule has 0 aliphatic rings. The van der Waals surface area contributed by atoms with E-state index in [-0.39, 0.29) is 17.9 Å². The lowest BCUT2D eigenvalue weighted by molar-refractivity contribution is -0.117. The highest BCUT2D eigenvalue weighted by atomic mass is 16.5. The number of methoxy groups -OCH3 is 1. The normalized spacial score (nSPS) is 15.6. The Morgan fingerprint density at radius 3 is 2.29 bits per heavy atom. The van der Waals surface area contributed by atoms with Crippen molar-refractivity contribution in [1.29, 1.82) is 0 Å². The quantitative estimate of drug-likeness (QED) is 0.682. The highest BCUT2D eigenvalue weighted by molar-refractivity contribution is 5.75. The summed E-state index contributed by atoms with van der Waals surface area (Å²) in [4.78, 5) is 10.9. The summed E-state index contributed by atoms with van der Waals surface area (Å²) in [6, 6.07) is 0.688. The van der Waals surface area contributed by atoms with Crippen LogP contribution in [0.2, 0.25) is 0 Å². The summed E-state index contributed by atoms with van der Waals surface area (Å²) < 4.78 is 5.27. The SMILES string of the molecule is COC(C)C(CCC(C)=O)NC(C)C. The first-order chi connectivity index (χ1) is 6.47. The maximum absolute atomic E-state index is 10.9. The predicted octanol–water partition coefficient (Wildman–Crippen LogP) is 1.76. The molecule has 0 aromatic heterocycles. The molecular formula is C11H23NO2. The van der Waals surface area contributed by atoms with Gasteiger partial charge in [-0.25, -0.2) is 0 Å². The summed E-state index contributed by atoms with van der Waals surface area (Å²) in [5.41, 5.74) is 0. The van der Waals surface area contributed by atoms with Crippen LogP contribution in [0.4, 0.5) is 0 Å². The molecule has 0 saturated heterocycles. The molecule has 3 nitrogen and oxygen atoms in total. The summed E-state index contributed by atoms with van der Waals surface area (Å²) in [7, 11) is 1.70. The fourth-order valence-electron chi connectivity index (χ4n) is 1.40. The number of ether oxygens (including phenoxy) is 1. The van der Waals surface area contributed by atoms with Gasteiger partial charge < -0.3 is 14.8 Å². The van der Waals surface area contributed by atoms with E-state index in [4.69, 9.17) is 4.74 Å². The Kier molecular flexibility index (Phi) is 6.75. The monoisotopic (exact) mass is 201 g/mol. The van der Waals surface area contributed by atoms with E-state index in [0.29, 0.717) is 12.5 Å². The van der Waals surface area contributed by atoms with Gasteiger partial charge in [-0.1, -0.05) is 13.8 Å². The van der Waals surface area contributed by atoms with Gasteiger partial charge in [0.05, 0.1) is 6.10 Å². The topological polar surface area (TPSA) is 38.3 Å². The van der Waals surface area contributed by atoms with Crippen LogP contribution in [0.25, 0.3) is 0 Å². The van der Waals surface area contributed by atoms with Crippen molar-refractivity contribution in [3.63, 3.8) is 0 Å². The Morgan fingerprint density at radius 2 is 1.93 bits per heavy atom. The summed E-state index contributed by atoms with van der Waals surface area (Å²) in [5.74, 6) is 0.240. The molecule has 0 aliphatic heterocycles. The molecule has 0 amide bonds. The van der Waals surface area contributed by atoms with E-state index in [2.05, 4.69) is 19.2 Å². The van der Waals surface area contributed by atoms with Crippen molar-refractivity contribution < 1.29 is 9.53 Å². The van der Waals surface area contributed by atoms with Gasteiger partial charge in [-0.15, -0.1) is 0 Å². The number of nitrogens with one attached hydrogen (secondary N) is 1. The van der Waals surface area contributed by atoms with Gasteiger partial charge in [0.2, 0.25) is 0 Å². The third-order valence-corrected chi connectivity index (χ3v) is 2.29. The molecule has 0 saturated carbocycles. The van der Waals surface area contributed by atoms with Crippen LogP contribution in [0.5, 0.6) is 0 Å². The lowest BCUT2D eigenvalue weighted by Gasteiger charge is -2.25. The van der Waals surface area contributed by atoms with E-state index in [1.165, 1.54) is 0 Å². The average molecular weight is 201 g/mol. The Labute approximate surface area is 87.2 Å². The Bertz CT molecular complexity index is 169. The zero-order valence-electron chi connectivity index (χ0n) is 9.96. The Hall–Kier alpha value is -0.410. The first-order valence-corrected chi connectivity index (χ1v) is 5.25. The minimum atomic E-state index is 0.150. The number of rotatable bonds is 7. The van der Waals surface area contributed by atoms with Crippen molar-refractivity contribution in [2.75, 3.05) is 7.11 Å². The van der Waals surface area contributed by atoms with E-state index >= 15 is 0 Å². The van der Waals surface area contributed by atoms with E-state index in [9.17, 15) is 4.79 Å². The van der Waals surface area contributed by atoms with Gasteiger partial charge in [0, 0.05) is 25.6 Å². The van der Waals surface area contributed by atoms with Crippen LogP contribution >= 0.6 is 0 Å². The number of ketones is 1. The van der Waals surface area contributed by atoms with E-state index in [1.54, 1.807) is 14.0 Å². The number of carbonyl (C=O) groups excluding carboxylic acids is 1. The molecule has 0 aromatic carbocycles. The van der Waals surface area contributed by atoms with Gasteiger partial charge in [0.1, 0.15) is 5.78 Å². The largest absolute Gasteiger partial charge is 0.380 e. The number of hydrogen-bond acceptors (Lipinski definition) is 3. The molecule has 3 heteroatoms. The van der Waals surface area contributed by atoms with Gasteiger partial charge in [-0.2, -0.15) is 0 Å². The van der Waals surface area contributed by atoms with Crippen LogP contribution in [-0.4, -0.2) is 31.1 Å². The molecule has 0 spiro atoms. The van der Waals surface area contributed by atoms with Crippen LogP contribution in [0.3, 0.4) is 0 Å². The maximum Gasteiger partial charge on any atom is 0.129 e. The molecule has 84 valence electrons. The second-order valence-corrected chi connectivity index (χ2v) is 4.11. The van der Waals surface area contributed by atoms with Crippen molar-refractivity contribution in [3.05, 3.63) is 0 Å². The molecule has 0 rings (SSSR count). The maximum atomic E-state index is 10.9. The first-order valence-electron chi connectivity index (χ1n) is 5.25. The zero-order chi connectivity index (χ0) is 11.1. The number of hydrogen-bond donors (Lipinski definition) is 1. The highest BCUT2D eigenvalue weighted by Gasteiger charge is 2.17. The molecule has 1 N–H and O–H groups in total. The van der Waals surface area contributed by atoms with Crippen LogP contribution < -0.4 is 5.32 Å². The summed E-state index contributed by atoms with van der Waals surface area (Å²) in [6.45, 7) is 7.86. The standard InChI is InChI=1S/C11H23NO2/c1-8(2)12-11(10(4)14-5)7-6-9(3)13/h8,10-12H,6-7H2,1-5H3. The second-order valence-electron chi connectivity index (χ2n) is 4.11. The molecule has 0 aromatic rings. The third kappa shape index (κ3) is 6.11. The van der Waals surface area contributed by atoms with Crippen molar-refractivity contribution in [3.8, 4) is 0 Å². The summed E-state index contributed by atoms with van der Waals surface area (Å²) >= 11 is 0. The van der Waals surface area contributed by atoms with E-state index < -0.39 is 0 Å². The lowest BCUT2D eigenvalue weighted by Crippen LogP contribution is -2.43. The molecule has 0 fully saturated rings. The fourth-order valence-corrected chi connectivity index (χ4v) is 1.40. The molecule has 0 radical (unpaired) electrons. The molecule has 14 heavy (non-hydrogen) atoms. The Balaban J connectivity index is 4.03. The van der Waals surface area contributed by atoms with Gasteiger partial charge >= 0.3 is 0 Å². The van der Waals surface area contributed by atoms with Crippen LogP contribution in [-0.2, 0) is 9.53 Å². The highest BCUT2D eigenvalue weighted by Crippen LogP contribution is 2.07.